The highest BCUT2D eigenvalue weighted by atomic mass is 35.5. The van der Waals surface area contributed by atoms with Crippen molar-refractivity contribution in [3.8, 4) is 16.1 Å². The molecular weight excluding hydrogens is 615 g/mol. The summed E-state index contributed by atoms with van der Waals surface area (Å²) in [6.07, 6.45) is -4.52. The molecule has 0 aliphatic carbocycles. The summed E-state index contributed by atoms with van der Waals surface area (Å²) < 4.78 is 44.8. The predicted molar refractivity (Wildman–Crippen MR) is 161 cm³/mol. The number of amides is 2. The van der Waals surface area contributed by atoms with Gasteiger partial charge in [-0.15, -0.1) is 16.4 Å². The second-order valence-corrected chi connectivity index (χ2v) is 11.2. The van der Waals surface area contributed by atoms with Gasteiger partial charge in [0.15, 0.2) is 5.69 Å². The van der Waals surface area contributed by atoms with E-state index in [1.807, 2.05) is 72.0 Å². The van der Waals surface area contributed by atoms with Gasteiger partial charge in [0, 0.05) is 20.3 Å². The summed E-state index contributed by atoms with van der Waals surface area (Å²) in [6.45, 7) is -0.922. The van der Waals surface area contributed by atoms with Crippen molar-refractivity contribution in [2.75, 3.05) is 6.54 Å². The first-order chi connectivity index (χ1) is 21.2. The smallest absolute Gasteiger partial charge is 0.370 e. The number of rotatable bonds is 11. The molecule has 2 N–H and O–H groups in total. The molecule has 3 aromatic carbocycles. The van der Waals surface area contributed by atoms with Crippen molar-refractivity contribution in [3.63, 3.8) is 0 Å². The molecule has 0 atom stereocenters. The lowest BCUT2D eigenvalue weighted by Gasteiger charge is -2.11. The number of aromatic nitrogens is 3. The summed E-state index contributed by atoms with van der Waals surface area (Å²) in [6, 6.07) is 26.6. The molecule has 0 spiro atoms. The molecule has 0 aliphatic heterocycles. The maximum Gasteiger partial charge on any atom is 0.405 e. The van der Waals surface area contributed by atoms with E-state index < -0.39 is 24.5 Å². The largest absolute Gasteiger partial charge is 0.405 e. The summed E-state index contributed by atoms with van der Waals surface area (Å²) in [5.41, 5.74) is 2.84. The molecule has 0 radical (unpaired) electrons. The number of nitrogens with zero attached hydrogens (tertiary/aromatic N) is 3. The zero-order chi connectivity index (χ0) is 31.1. The van der Waals surface area contributed by atoms with Crippen molar-refractivity contribution in [1.29, 1.82) is 0 Å². The van der Waals surface area contributed by atoms with Crippen LogP contribution >= 0.6 is 22.9 Å². The van der Waals surface area contributed by atoms with E-state index in [0.29, 0.717) is 16.4 Å². The Morgan fingerprint density at radius 1 is 0.864 bits per heavy atom. The van der Waals surface area contributed by atoms with Gasteiger partial charge in [0.05, 0.1) is 25.4 Å². The van der Waals surface area contributed by atoms with E-state index in [1.165, 1.54) is 40.3 Å². The van der Waals surface area contributed by atoms with Crippen LogP contribution in [-0.4, -0.2) is 39.5 Å². The minimum absolute atomic E-state index is 0.0157. The molecule has 0 bridgehead atoms. The van der Waals surface area contributed by atoms with Crippen molar-refractivity contribution in [2.24, 2.45) is 0 Å². The van der Waals surface area contributed by atoms with Gasteiger partial charge in [-0.05, 0) is 59.7 Å². The molecule has 8 nitrogen and oxygen atoms in total. The minimum atomic E-state index is -4.52. The lowest BCUT2D eigenvalue weighted by atomic mass is 10.2. The zero-order valence-corrected chi connectivity index (χ0v) is 24.5. The Labute approximate surface area is 259 Å². The molecule has 2 heterocycles. The Morgan fingerprint density at radius 3 is 2.30 bits per heavy atom. The van der Waals surface area contributed by atoms with Gasteiger partial charge in [-0.2, -0.15) is 13.2 Å². The lowest BCUT2D eigenvalue weighted by Crippen LogP contribution is -2.33. The summed E-state index contributed by atoms with van der Waals surface area (Å²) in [5.74, 6) is -1.33. The Morgan fingerprint density at radius 2 is 1.59 bits per heavy atom. The van der Waals surface area contributed by atoms with Crippen LogP contribution in [0.3, 0.4) is 0 Å². The summed E-state index contributed by atoms with van der Waals surface area (Å²) in [7, 11) is 0. The number of ether oxygens (including phenoxy) is 1. The summed E-state index contributed by atoms with van der Waals surface area (Å²) >= 11 is 7.53. The molecule has 44 heavy (non-hydrogen) atoms. The maximum atomic E-state index is 13.3. The van der Waals surface area contributed by atoms with E-state index in [9.17, 15) is 22.8 Å². The third kappa shape index (κ3) is 8.10. The van der Waals surface area contributed by atoms with Gasteiger partial charge >= 0.3 is 6.18 Å². The number of carbonyl (C=O) groups excluding carboxylic acids is 2. The second kappa shape index (κ2) is 13.8. The molecule has 0 saturated heterocycles. The quantitative estimate of drug-likeness (QED) is 0.170. The number of benzene rings is 3. The third-order valence-corrected chi connectivity index (χ3v) is 7.75. The number of carbonyl (C=O) groups is 2. The average Bonchev–Trinajstić information content (AvgIpc) is 3.67. The highest BCUT2D eigenvalue weighted by Crippen LogP contribution is 2.29. The van der Waals surface area contributed by atoms with Crippen LogP contribution < -0.4 is 10.6 Å². The molecule has 2 aromatic heterocycles. The first kappa shape index (κ1) is 30.9. The molecule has 226 valence electrons. The van der Waals surface area contributed by atoms with Crippen LogP contribution in [0, 0.1) is 0 Å². The van der Waals surface area contributed by atoms with E-state index in [1.54, 1.807) is 0 Å². The number of thiophene rings is 1. The van der Waals surface area contributed by atoms with Crippen molar-refractivity contribution < 1.29 is 27.5 Å². The van der Waals surface area contributed by atoms with E-state index in [4.69, 9.17) is 16.3 Å². The number of nitrogens with one attached hydrogen (secondary N) is 2. The van der Waals surface area contributed by atoms with Crippen LogP contribution in [0.25, 0.3) is 16.1 Å². The summed E-state index contributed by atoms with van der Waals surface area (Å²) in [4.78, 5) is 27.4. The van der Waals surface area contributed by atoms with Crippen molar-refractivity contribution in [1.82, 2.24) is 25.6 Å². The van der Waals surface area contributed by atoms with Gasteiger partial charge in [-0.3, -0.25) is 9.59 Å². The second-order valence-electron chi connectivity index (χ2n) is 9.58. The Balaban J connectivity index is 1.32. The predicted octanol–water partition coefficient (Wildman–Crippen LogP) is 6.59. The lowest BCUT2D eigenvalue weighted by molar-refractivity contribution is -0.123. The zero-order valence-electron chi connectivity index (χ0n) is 23.0. The minimum Gasteiger partial charge on any atom is -0.370 e. The van der Waals surface area contributed by atoms with Gasteiger partial charge in [-0.25, -0.2) is 4.68 Å². The molecule has 2 amide bonds. The SMILES string of the molecule is O=C(NCC(F)(F)F)c1ccc(-n2nnc(C(=O)NCc3ccc(-c4ccc(Cl)cc4)s3)c2COCc2ccccc2)cc1. The maximum absolute atomic E-state index is 13.3. The highest BCUT2D eigenvalue weighted by molar-refractivity contribution is 7.15. The molecule has 5 rings (SSSR count). The van der Waals surface area contributed by atoms with Gasteiger partial charge in [0.1, 0.15) is 12.2 Å². The molecule has 0 saturated carbocycles. The number of halogens is 4. The molecule has 0 unspecified atom stereocenters. The van der Waals surface area contributed by atoms with Gasteiger partial charge in [0.25, 0.3) is 11.8 Å². The van der Waals surface area contributed by atoms with Crippen LogP contribution in [0.2, 0.25) is 5.02 Å². The average molecular weight is 640 g/mol. The monoisotopic (exact) mass is 639 g/mol. The molecule has 0 fully saturated rings. The van der Waals surface area contributed by atoms with E-state index in [0.717, 1.165) is 20.9 Å². The molecule has 0 aliphatic rings. The van der Waals surface area contributed by atoms with Crippen LogP contribution in [-0.2, 0) is 24.5 Å². The van der Waals surface area contributed by atoms with Crippen molar-refractivity contribution >= 4 is 34.8 Å². The Kier molecular flexibility index (Phi) is 9.73. The molecule has 5 aromatic rings. The normalized spacial score (nSPS) is 11.4. The fraction of sp³-hybridized carbons (Fsp3) is 0.161. The fourth-order valence-electron chi connectivity index (χ4n) is 4.18. The van der Waals surface area contributed by atoms with E-state index in [-0.39, 0.29) is 31.0 Å². The number of hydrogen-bond acceptors (Lipinski definition) is 6. The first-order valence-electron chi connectivity index (χ1n) is 13.3. The van der Waals surface area contributed by atoms with Gasteiger partial charge < -0.3 is 15.4 Å². The highest BCUT2D eigenvalue weighted by Gasteiger charge is 2.28. The Hall–Kier alpha value is -4.52. The van der Waals surface area contributed by atoms with Crippen molar-refractivity contribution in [2.45, 2.75) is 25.9 Å². The van der Waals surface area contributed by atoms with E-state index in [2.05, 4.69) is 15.6 Å². The number of alkyl halides is 3. The molecular formula is C31H25ClF3N5O3S. The number of hydrogen-bond donors (Lipinski definition) is 2. The van der Waals surface area contributed by atoms with Crippen LogP contribution in [0.5, 0.6) is 0 Å². The van der Waals surface area contributed by atoms with Gasteiger partial charge in [0.2, 0.25) is 0 Å². The van der Waals surface area contributed by atoms with E-state index >= 15 is 0 Å². The van der Waals surface area contributed by atoms with Crippen LogP contribution in [0.4, 0.5) is 13.2 Å². The van der Waals surface area contributed by atoms with Gasteiger partial charge in [-0.1, -0.05) is 59.3 Å². The third-order valence-electron chi connectivity index (χ3n) is 6.37. The molecule has 13 heteroatoms. The topological polar surface area (TPSA) is 98.1 Å². The first-order valence-corrected chi connectivity index (χ1v) is 14.5. The summed E-state index contributed by atoms with van der Waals surface area (Å²) in [5, 5.41) is 13.6. The standard InChI is InChI=1S/C31H25ClF3N5O3S/c32-23-10-6-21(7-11-23)27-15-14-25(44-27)16-36-30(42)28-26(18-43-17-20-4-2-1-3-5-20)40(39-38-28)24-12-8-22(9-13-24)29(41)37-19-31(33,34)35/h1-15H,16-19H2,(H,36,42)(H,37,41). The fourth-order valence-corrected chi connectivity index (χ4v) is 5.26. The van der Waals surface area contributed by atoms with Crippen LogP contribution in [0.1, 0.15) is 37.0 Å². The van der Waals surface area contributed by atoms with Crippen molar-refractivity contribution in [3.05, 3.63) is 123 Å². The van der Waals surface area contributed by atoms with Crippen LogP contribution in [0.15, 0.2) is 91.0 Å². The Bertz CT molecular complexity index is 1720.